The van der Waals surface area contributed by atoms with Gasteiger partial charge in [-0.1, -0.05) is 12.8 Å². The molecule has 1 aromatic carbocycles. The lowest BCUT2D eigenvalue weighted by molar-refractivity contribution is -0.131. The van der Waals surface area contributed by atoms with E-state index in [2.05, 4.69) is 0 Å². The second-order valence-corrected chi connectivity index (χ2v) is 4.54. The van der Waals surface area contributed by atoms with Crippen LogP contribution in [0.2, 0.25) is 0 Å². The van der Waals surface area contributed by atoms with Crippen LogP contribution in [0.15, 0.2) is 24.3 Å². The largest absolute Gasteiger partial charge is 0.478 e. The molecule has 4 heteroatoms. The third-order valence-corrected chi connectivity index (χ3v) is 3.31. The third-order valence-electron chi connectivity index (χ3n) is 3.31. The summed E-state index contributed by atoms with van der Waals surface area (Å²) in [6, 6.07) is 3.14. The summed E-state index contributed by atoms with van der Waals surface area (Å²) in [5.41, 5.74) is 0.473. The van der Waals surface area contributed by atoms with Crippen molar-refractivity contribution in [3.05, 3.63) is 41.5 Å². The van der Waals surface area contributed by atoms with Gasteiger partial charge >= 0.3 is 5.97 Å². The maximum absolute atomic E-state index is 13.7. The van der Waals surface area contributed by atoms with Crippen molar-refractivity contribution in [1.82, 2.24) is 0 Å². The van der Waals surface area contributed by atoms with Gasteiger partial charge in [0.25, 0.3) is 0 Å². The van der Waals surface area contributed by atoms with E-state index in [1.165, 1.54) is 0 Å². The van der Waals surface area contributed by atoms with Crippen LogP contribution in [-0.2, 0) is 4.79 Å². The van der Waals surface area contributed by atoms with E-state index < -0.39 is 17.6 Å². The maximum atomic E-state index is 13.7. The molecule has 1 saturated carbocycles. The molecule has 0 radical (unpaired) electrons. The van der Waals surface area contributed by atoms with Gasteiger partial charge in [0.05, 0.1) is 0 Å². The highest BCUT2D eigenvalue weighted by Gasteiger charge is 2.23. The lowest BCUT2D eigenvalue weighted by Crippen LogP contribution is -2.04. The van der Waals surface area contributed by atoms with Crippen LogP contribution in [0.25, 0.3) is 5.57 Å². The molecule has 0 heterocycles. The summed E-state index contributed by atoms with van der Waals surface area (Å²) in [4.78, 5) is 10.8. The van der Waals surface area contributed by atoms with Crippen molar-refractivity contribution in [2.45, 2.75) is 25.7 Å². The maximum Gasteiger partial charge on any atom is 0.328 e. The van der Waals surface area contributed by atoms with E-state index in [0.717, 1.165) is 50.0 Å². The monoisotopic (exact) mass is 252 g/mol. The average molecular weight is 252 g/mol. The fourth-order valence-corrected chi connectivity index (χ4v) is 2.50. The Hall–Kier alpha value is -1.71. The van der Waals surface area contributed by atoms with Crippen LogP contribution in [0.4, 0.5) is 8.78 Å². The first-order valence-electron chi connectivity index (χ1n) is 5.98. The second kappa shape index (κ2) is 5.29. The van der Waals surface area contributed by atoms with Crippen LogP contribution >= 0.6 is 0 Å². The summed E-state index contributed by atoms with van der Waals surface area (Å²) < 4.78 is 26.9. The molecule has 0 amide bonds. The van der Waals surface area contributed by atoms with Crippen LogP contribution < -0.4 is 0 Å². The van der Waals surface area contributed by atoms with Gasteiger partial charge in [-0.15, -0.1) is 0 Å². The topological polar surface area (TPSA) is 37.3 Å². The van der Waals surface area contributed by atoms with E-state index in [0.29, 0.717) is 5.57 Å². The Labute approximate surface area is 104 Å². The van der Waals surface area contributed by atoms with Crippen molar-refractivity contribution in [3.63, 3.8) is 0 Å². The van der Waals surface area contributed by atoms with Crippen molar-refractivity contribution in [2.24, 2.45) is 5.92 Å². The van der Waals surface area contributed by atoms with E-state index in [9.17, 15) is 13.6 Å². The summed E-state index contributed by atoms with van der Waals surface area (Å²) in [5.74, 6) is -2.24. The number of hydrogen-bond donors (Lipinski definition) is 1. The Balaban J connectivity index is 2.45. The van der Waals surface area contributed by atoms with Gasteiger partial charge in [-0.25, -0.2) is 13.6 Å². The van der Waals surface area contributed by atoms with Gasteiger partial charge in [-0.05, 0) is 42.5 Å². The van der Waals surface area contributed by atoms with Crippen LogP contribution in [0.1, 0.15) is 31.2 Å². The first-order chi connectivity index (χ1) is 8.58. The van der Waals surface area contributed by atoms with E-state index >= 15 is 0 Å². The van der Waals surface area contributed by atoms with Crippen molar-refractivity contribution in [1.29, 1.82) is 0 Å². The van der Waals surface area contributed by atoms with Gasteiger partial charge in [0.2, 0.25) is 0 Å². The normalized spacial score (nSPS) is 17.1. The van der Waals surface area contributed by atoms with Crippen molar-refractivity contribution < 1.29 is 18.7 Å². The number of carbonyl (C=O) groups is 1. The molecular weight excluding hydrogens is 238 g/mol. The molecule has 1 aliphatic carbocycles. The van der Waals surface area contributed by atoms with E-state index in [4.69, 9.17) is 5.11 Å². The highest BCUT2D eigenvalue weighted by atomic mass is 19.1. The second-order valence-electron chi connectivity index (χ2n) is 4.54. The number of hydrogen-bond acceptors (Lipinski definition) is 1. The molecule has 1 aromatic rings. The van der Waals surface area contributed by atoms with Crippen molar-refractivity contribution >= 4 is 11.5 Å². The molecule has 0 atom stereocenters. The Morgan fingerprint density at radius 2 is 1.94 bits per heavy atom. The molecule has 96 valence electrons. The first-order valence-corrected chi connectivity index (χ1v) is 5.98. The quantitative estimate of drug-likeness (QED) is 0.834. The summed E-state index contributed by atoms with van der Waals surface area (Å²) >= 11 is 0. The number of carboxylic acid groups (broad SMARTS) is 1. The molecule has 0 bridgehead atoms. The Kier molecular flexibility index (Phi) is 3.75. The molecule has 2 rings (SSSR count). The SMILES string of the molecule is O=C(O)/C=C(/c1cc(F)ccc1F)C1CCCC1. The number of carboxylic acids is 1. The Morgan fingerprint density at radius 1 is 1.28 bits per heavy atom. The smallest absolute Gasteiger partial charge is 0.328 e. The van der Waals surface area contributed by atoms with Crippen LogP contribution in [0.5, 0.6) is 0 Å². The fourth-order valence-electron chi connectivity index (χ4n) is 2.50. The van der Waals surface area contributed by atoms with Crippen molar-refractivity contribution in [2.75, 3.05) is 0 Å². The highest BCUT2D eigenvalue weighted by molar-refractivity contribution is 5.90. The Bertz CT molecular complexity index is 489. The lowest BCUT2D eigenvalue weighted by Gasteiger charge is -2.15. The predicted molar refractivity (Wildman–Crippen MR) is 63.9 cm³/mol. The fraction of sp³-hybridized carbons (Fsp3) is 0.357. The van der Waals surface area contributed by atoms with Crippen LogP contribution in [-0.4, -0.2) is 11.1 Å². The number of allylic oxidation sites excluding steroid dienone is 1. The van der Waals surface area contributed by atoms with Gasteiger partial charge in [0.1, 0.15) is 11.6 Å². The molecule has 1 fully saturated rings. The minimum Gasteiger partial charge on any atom is -0.478 e. The van der Waals surface area contributed by atoms with Gasteiger partial charge in [-0.3, -0.25) is 0 Å². The summed E-state index contributed by atoms with van der Waals surface area (Å²) in [7, 11) is 0. The van der Waals surface area contributed by atoms with Gasteiger partial charge in [0.15, 0.2) is 0 Å². The number of benzene rings is 1. The zero-order valence-corrected chi connectivity index (χ0v) is 9.83. The molecule has 1 aliphatic rings. The van der Waals surface area contributed by atoms with Gasteiger partial charge in [-0.2, -0.15) is 0 Å². The summed E-state index contributed by atoms with van der Waals surface area (Å²) in [6.45, 7) is 0. The zero-order chi connectivity index (χ0) is 13.1. The third kappa shape index (κ3) is 2.75. The summed E-state index contributed by atoms with van der Waals surface area (Å²) in [6.07, 6.45) is 4.66. The molecule has 18 heavy (non-hydrogen) atoms. The van der Waals surface area contributed by atoms with Gasteiger partial charge < -0.3 is 5.11 Å². The number of halogens is 2. The van der Waals surface area contributed by atoms with Crippen LogP contribution in [0.3, 0.4) is 0 Å². The highest BCUT2D eigenvalue weighted by Crippen LogP contribution is 2.37. The van der Waals surface area contributed by atoms with E-state index in [-0.39, 0.29) is 11.5 Å². The van der Waals surface area contributed by atoms with Gasteiger partial charge in [0, 0.05) is 11.6 Å². The summed E-state index contributed by atoms with van der Waals surface area (Å²) in [5, 5.41) is 8.87. The molecular formula is C14H14F2O2. The Morgan fingerprint density at radius 3 is 2.56 bits per heavy atom. The minimum absolute atomic E-state index is 0.0115. The average Bonchev–Trinajstić information content (AvgIpc) is 2.82. The molecule has 2 nitrogen and oxygen atoms in total. The predicted octanol–water partition coefficient (Wildman–Crippen LogP) is 3.62. The van der Waals surface area contributed by atoms with E-state index in [1.54, 1.807) is 0 Å². The number of aliphatic carboxylic acids is 1. The molecule has 1 N–H and O–H groups in total. The molecule has 0 aromatic heterocycles. The lowest BCUT2D eigenvalue weighted by atomic mass is 9.90. The molecule has 0 aliphatic heterocycles. The van der Waals surface area contributed by atoms with Crippen molar-refractivity contribution in [3.8, 4) is 0 Å². The standard InChI is InChI=1S/C14H14F2O2/c15-10-5-6-13(16)12(7-10)11(8-14(17)18)9-3-1-2-4-9/h5-9H,1-4H2,(H,17,18)/b11-8+. The molecule has 0 spiro atoms. The molecule has 0 unspecified atom stereocenters. The molecule has 0 saturated heterocycles. The van der Waals surface area contributed by atoms with Crippen LogP contribution in [0, 0.1) is 17.6 Å². The first kappa shape index (κ1) is 12.7. The minimum atomic E-state index is -1.12. The number of rotatable bonds is 3. The zero-order valence-electron chi connectivity index (χ0n) is 9.83. The van der Waals surface area contributed by atoms with E-state index in [1.807, 2.05) is 0 Å².